The van der Waals surface area contributed by atoms with Crippen molar-refractivity contribution < 1.29 is 8.78 Å². The van der Waals surface area contributed by atoms with Crippen LogP contribution in [0.4, 0.5) is 20.3 Å². The van der Waals surface area contributed by atoms with Gasteiger partial charge in [-0.1, -0.05) is 0 Å². The molecule has 0 aliphatic heterocycles. The van der Waals surface area contributed by atoms with E-state index in [2.05, 4.69) is 31.2 Å². The van der Waals surface area contributed by atoms with E-state index in [9.17, 15) is 8.78 Å². The fourth-order valence-electron chi connectivity index (χ4n) is 1.14. The summed E-state index contributed by atoms with van der Waals surface area (Å²) in [6.07, 6.45) is 1.46. The van der Waals surface area contributed by atoms with Crippen LogP contribution in [0, 0.1) is 11.6 Å². The molecule has 2 rings (SSSR count). The van der Waals surface area contributed by atoms with E-state index < -0.39 is 11.6 Å². The summed E-state index contributed by atoms with van der Waals surface area (Å²) in [6.45, 7) is 0. The van der Waals surface area contributed by atoms with E-state index >= 15 is 0 Å². The van der Waals surface area contributed by atoms with Crippen molar-refractivity contribution in [1.82, 2.24) is 9.97 Å². The first-order chi connectivity index (χ1) is 8.06. The molecule has 0 radical (unpaired) electrons. The second kappa shape index (κ2) is 4.93. The third kappa shape index (κ3) is 2.89. The Morgan fingerprint density at radius 1 is 1.24 bits per heavy atom. The van der Waals surface area contributed by atoms with Gasteiger partial charge in [0.1, 0.15) is 5.82 Å². The van der Waals surface area contributed by atoms with Gasteiger partial charge >= 0.3 is 0 Å². The molecule has 0 spiro atoms. The van der Waals surface area contributed by atoms with Crippen molar-refractivity contribution >= 4 is 39.0 Å². The summed E-state index contributed by atoms with van der Waals surface area (Å²) >= 11 is 8.83. The predicted molar refractivity (Wildman–Crippen MR) is 64.4 cm³/mol. The summed E-state index contributed by atoms with van der Waals surface area (Å²) in [5, 5.41) is 2.85. The highest BCUT2D eigenvalue weighted by atomic mass is 79.9. The summed E-state index contributed by atoms with van der Waals surface area (Å²) < 4.78 is 26.3. The quantitative estimate of drug-likeness (QED) is 0.852. The molecule has 0 saturated carbocycles. The minimum atomic E-state index is -0.939. The lowest BCUT2D eigenvalue weighted by Crippen LogP contribution is -1.97. The average Bonchev–Trinajstić information content (AvgIpc) is 2.29. The van der Waals surface area contributed by atoms with Gasteiger partial charge in [0.05, 0.1) is 4.47 Å². The fourth-order valence-corrected chi connectivity index (χ4v) is 1.57. The molecule has 0 aliphatic carbocycles. The Bertz CT molecular complexity index is 565. The standard InChI is InChI=1S/C10H5BrClF2N3/c11-6-4-15-10(12)17-9(6)16-5-1-2-7(13)8(14)3-5/h1-4H,(H,15,16,17). The summed E-state index contributed by atoms with van der Waals surface area (Å²) in [6, 6.07) is 3.44. The third-order valence-electron chi connectivity index (χ3n) is 1.90. The van der Waals surface area contributed by atoms with E-state index in [0.717, 1.165) is 12.1 Å². The van der Waals surface area contributed by atoms with Gasteiger partial charge in [-0.2, -0.15) is 4.98 Å². The van der Waals surface area contributed by atoms with Crippen molar-refractivity contribution in [3.8, 4) is 0 Å². The first-order valence-corrected chi connectivity index (χ1v) is 5.63. The number of hydrogen-bond donors (Lipinski definition) is 1. The molecule has 0 fully saturated rings. The van der Waals surface area contributed by atoms with Crippen LogP contribution >= 0.6 is 27.5 Å². The van der Waals surface area contributed by atoms with E-state index in [4.69, 9.17) is 11.6 Å². The summed E-state index contributed by atoms with van der Waals surface area (Å²) in [5.41, 5.74) is 0.361. The first kappa shape index (κ1) is 12.2. The lowest BCUT2D eigenvalue weighted by Gasteiger charge is -2.07. The van der Waals surface area contributed by atoms with Crippen molar-refractivity contribution in [3.63, 3.8) is 0 Å². The van der Waals surface area contributed by atoms with Crippen molar-refractivity contribution in [2.24, 2.45) is 0 Å². The zero-order chi connectivity index (χ0) is 12.4. The van der Waals surface area contributed by atoms with Gasteiger partial charge in [0.2, 0.25) is 5.28 Å². The van der Waals surface area contributed by atoms with E-state index in [1.54, 1.807) is 0 Å². The minimum absolute atomic E-state index is 0.0540. The number of benzene rings is 1. The molecule has 1 aromatic heterocycles. The van der Waals surface area contributed by atoms with Gasteiger partial charge in [-0.15, -0.1) is 0 Å². The molecule has 7 heteroatoms. The Balaban J connectivity index is 2.31. The van der Waals surface area contributed by atoms with Crippen LogP contribution in [0.25, 0.3) is 0 Å². The number of hydrogen-bond acceptors (Lipinski definition) is 3. The van der Waals surface area contributed by atoms with Crippen molar-refractivity contribution in [3.05, 3.63) is 45.8 Å². The Labute approximate surface area is 109 Å². The molecule has 0 amide bonds. The highest BCUT2D eigenvalue weighted by Crippen LogP contribution is 2.24. The van der Waals surface area contributed by atoms with Crippen LogP contribution in [0.2, 0.25) is 5.28 Å². The van der Waals surface area contributed by atoms with Crippen molar-refractivity contribution in [1.29, 1.82) is 0 Å². The van der Waals surface area contributed by atoms with Crippen LogP contribution in [0.15, 0.2) is 28.9 Å². The normalized spacial score (nSPS) is 10.4. The van der Waals surface area contributed by atoms with Crippen molar-refractivity contribution in [2.75, 3.05) is 5.32 Å². The number of nitrogens with zero attached hydrogens (tertiary/aromatic N) is 2. The maximum atomic E-state index is 13.0. The van der Waals surface area contributed by atoms with E-state index in [0.29, 0.717) is 16.0 Å². The molecule has 1 aromatic carbocycles. The fraction of sp³-hybridized carbons (Fsp3) is 0. The largest absolute Gasteiger partial charge is 0.339 e. The molecular formula is C10H5BrClF2N3. The molecule has 1 N–H and O–H groups in total. The molecule has 2 aromatic rings. The Morgan fingerprint density at radius 3 is 2.71 bits per heavy atom. The molecule has 88 valence electrons. The SMILES string of the molecule is Fc1ccc(Nc2nc(Cl)ncc2Br)cc1F. The number of nitrogens with one attached hydrogen (secondary N) is 1. The zero-order valence-corrected chi connectivity index (χ0v) is 10.6. The summed E-state index contributed by atoms with van der Waals surface area (Å²) in [7, 11) is 0. The smallest absolute Gasteiger partial charge is 0.224 e. The second-order valence-electron chi connectivity index (χ2n) is 3.09. The van der Waals surface area contributed by atoms with E-state index in [-0.39, 0.29) is 5.28 Å². The Kier molecular flexibility index (Phi) is 3.54. The maximum absolute atomic E-state index is 13.0. The van der Waals surface area contributed by atoms with Gasteiger partial charge in [0, 0.05) is 18.0 Å². The van der Waals surface area contributed by atoms with Crippen LogP contribution in [0.1, 0.15) is 0 Å². The molecule has 0 saturated heterocycles. The highest BCUT2D eigenvalue weighted by molar-refractivity contribution is 9.10. The molecule has 17 heavy (non-hydrogen) atoms. The molecule has 0 bridgehead atoms. The van der Waals surface area contributed by atoms with Crippen LogP contribution in [0.3, 0.4) is 0 Å². The topological polar surface area (TPSA) is 37.8 Å². The molecule has 3 nitrogen and oxygen atoms in total. The van der Waals surface area contributed by atoms with Crippen LogP contribution in [0.5, 0.6) is 0 Å². The molecule has 0 unspecified atom stereocenters. The monoisotopic (exact) mass is 319 g/mol. The van der Waals surface area contributed by atoms with Gasteiger partial charge in [-0.3, -0.25) is 0 Å². The average molecular weight is 321 g/mol. The molecule has 0 aliphatic rings. The van der Waals surface area contributed by atoms with Crippen LogP contribution in [-0.4, -0.2) is 9.97 Å². The summed E-state index contributed by atoms with van der Waals surface area (Å²) in [5.74, 6) is -1.47. The van der Waals surface area contributed by atoms with Crippen LogP contribution < -0.4 is 5.32 Å². The number of halogens is 4. The first-order valence-electron chi connectivity index (χ1n) is 4.46. The van der Waals surface area contributed by atoms with E-state index in [1.165, 1.54) is 12.3 Å². The van der Waals surface area contributed by atoms with Gasteiger partial charge in [0.25, 0.3) is 0 Å². The molecule has 0 atom stereocenters. The van der Waals surface area contributed by atoms with Crippen molar-refractivity contribution in [2.45, 2.75) is 0 Å². The summed E-state index contributed by atoms with van der Waals surface area (Å²) in [4.78, 5) is 7.65. The van der Waals surface area contributed by atoms with Gasteiger partial charge in [-0.05, 0) is 39.7 Å². The predicted octanol–water partition coefficient (Wildman–Crippen LogP) is 3.91. The third-order valence-corrected chi connectivity index (χ3v) is 2.66. The minimum Gasteiger partial charge on any atom is -0.339 e. The Morgan fingerprint density at radius 2 is 2.00 bits per heavy atom. The lowest BCUT2D eigenvalue weighted by molar-refractivity contribution is 0.509. The number of rotatable bonds is 2. The highest BCUT2D eigenvalue weighted by Gasteiger charge is 2.06. The maximum Gasteiger partial charge on any atom is 0.224 e. The van der Waals surface area contributed by atoms with Gasteiger partial charge in [-0.25, -0.2) is 13.8 Å². The van der Waals surface area contributed by atoms with Gasteiger partial charge < -0.3 is 5.32 Å². The zero-order valence-electron chi connectivity index (χ0n) is 8.22. The van der Waals surface area contributed by atoms with E-state index in [1.807, 2.05) is 0 Å². The number of aromatic nitrogens is 2. The molecule has 1 heterocycles. The van der Waals surface area contributed by atoms with Gasteiger partial charge in [0.15, 0.2) is 11.6 Å². The second-order valence-corrected chi connectivity index (χ2v) is 4.28. The van der Waals surface area contributed by atoms with Crippen LogP contribution in [-0.2, 0) is 0 Å². The number of anilines is 2. The lowest BCUT2D eigenvalue weighted by atomic mass is 10.3. The Hall–Kier alpha value is -1.27. The molecular weight excluding hydrogens is 315 g/mol.